The fourth-order valence-corrected chi connectivity index (χ4v) is 4.05. The lowest BCUT2D eigenvalue weighted by Crippen LogP contribution is -2.09. The molecule has 0 saturated carbocycles. The van der Waals surface area contributed by atoms with Gasteiger partial charge in [-0.15, -0.1) is 0 Å². The summed E-state index contributed by atoms with van der Waals surface area (Å²) in [6, 6.07) is 15.7. The maximum atomic E-state index is 13.0. The highest BCUT2D eigenvalue weighted by molar-refractivity contribution is 9.10. The number of Topliss-reactive ketones (excluding diaryl/α,β-unsaturated/α-hetero) is 1. The topological polar surface area (TPSA) is 69.7 Å². The molecule has 0 radical (unpaired) electrons. The molecule has 0 aliphatic carbocycles. The molecule has 1 aliphatic rings. The van der Waals surface area contributed by atoms with E-state index in [1.54, 1.807) is 6.08 Å². The molecule has 8 heteroatoms. The number of ether oxygens (including phenoxy) is 1. The van der Waals surface area contributed by atoms with E-state index in [1.165, 1.54) is 18.2 Å². The number of ketones is 1. The van der Waals surface area contributed by atoms with Crippen LogP contribution in [-0.2, 0) is 10.1 Å². The second-order valence-corrected chi connectivity index (χ2v) is 8.51. The lowest BCUT2D eigenvalue weighted by atomic mass is 10.1. The van der Waals surface area contributed by atoms with Crippen molar-refractivity contribution in [2.24, 2.45) is 0 Å². The predicted molar refractivity (Wildman–Crippen MR) is 108 cm³/mol. The smallest absolute Gasteiger partial charge is 0.339 e. The van der Waals surface area contributed by atoms with Gasteiger partial charge in [-0.1, -0.05) is 34.1 Å². The maximum absolute atomic E-state index is 13.0. The molecular weight excluding hydrogens is 463 g/mol. The molecule has 0 bridgehead atoms. The Bertz CT molecular complexity index is 1250. The third-order valence-electron chi connectivity index (χ3n) is 4.14. The molecule has 5 nitrogen and oxygen atoms in total. The van der Waals surface area contributed by atoms with Crippen molar-refractivity contribution < 1.29 is 26.5 Å². The number of halogens is 2. The minimum atomic E-state index is -4.16. The summed E-state index contributed by atoms with van der Waals surface area (Å²) in [5.41, 5.74) is 1.06. The standard InChI is InChI=1S/C21H12BrFO5S/c22-18-4-2-1-3-13(18)11-20-21(24)17-10-7-15(12-19(17)27-20)28-29(25,26)16-8-5-14(23)6-9-16/h1-12H. The normalized spacial score (nSPS) is 14.6. The summed E-state index contributed by atoms with van der Waals surface area (Å²) >= 11 is 3.41. The molecule has 29 heavy (non-hydrogen) atoms. The Morgan fingerprint density at radius 3 is 2.45 bits per heavy atom. The highest BCUT2D eigenvalue weighted by atomic mass is 79.9. The van der Waals surface area contributed by atoms with Crippen molar-refractivity contribution in [2.75, 3.05) is 0 Å². The van der Waals surface area contributed by atoms with Crippen molar-refractivity contribution in [3.63, 3.8) is 0 Å². The van der Waals surface area contributed by atoms with Gasteiger partial charge >= 0.3 is 10.1 Å². The van der Waals surface area contributed by atoms with Crippen LogP contribution >= 0.6 is 15.9 Å². The van der Waals surface area contributed by atoms with Gasteiger partial charge in [0.15, 0.2) is 5.76 Å². The Morgan fingerprint density at radius 1 is 1.00 bits per heavy atom. The van der Waals surface area contributed by atoms with E-state index >= 15 is 0 Å². The SMILES string of the molecule is O=C1C(=Cc2ccccc2Br)Oc2cc(OS(=O)(=O)c3ccc(F)cc3)ccc21. The highest BCUT2D eigenvalue weighted by Gasteiger charge is 2.29. The summed E-state index contributed by atoms with van der Waals surface area (Å²) < 4.78 is 49.2. The third kappa shape index (κ3) is 3.94. The van der Waals surface area contributed by atoms with Gasteiger partial charge in [-0.25, -0.2) is 4.39 Å². The van der Waals surface area contributed by atoms with Gasteiger partial charge in [0.05, 0.1) is 5.56 Å². The molecule has 0 N–H and O–H groups in total. The fourth-order valence-electron chi connectivity index (χ4n) is 2.73. The molecule has 0 spiro atoms. The molecule has 0 atom stereocenters. The first-order valence-electron chi connectivity index (χ1n) is 8.36. The highest BCUT2D eigenvalue weighted by Crippen LogP contribution is 2.36. The Kier molecular flexibility index (Phi) is 4.97. The summed E-state index contributed by atoms with van der Waals surface area (Å²) in [5.74, 6) is -0.588. The quantitative estimate of drug-likeness (QED) is 0.394. The van der Waals surface area contributed by atoms with Gasteiger partial charge in [-0.05, 0) is 54.1 Å². The van der Waals surface area contributed by atoms with Crippen molar-refractivity contribution in [2.45, 2.75) is 4.90 Å². The summed E-state index contributed by atoms with van der Waals surface area (Å²) in [6.45, 7) is 0. The van der Waals surface area contributed by atoms with E-state index in [9.17, 15) is 17.6 Å². The van der Waals surface area contributed by atoms with Gasteiger partial charge < -0.3 is 8.92 Å². The van der Waals surface area contributed by atoms with E-state index in [2.05, 4.69) is 15.9 Å². The van der Waals surface area contributed by atoms with Crippen LogP contribution in [0.4, 0.5) is 4.39 Å². The fraction of sp³-hybridized carbons (Fsp3) is 0. The molecular formula is C21H12BrFO5S. The van der Waals surface area contributed by atoms with E-state index < -0.39 is 15.9 Å². The molecule has 0 fully saturated rings. The Balaban J connectivity index is 1.61. The molecule has 146 valence electrons. The lowest BCUT2D eigenvalue weighted by molar-refractivity contribution is 0.101. The van der Waals surface area contributed by atoms with E-state index in [1.807, 2.05) is 24.3 Å². The van der Waals surface area contributed by atoms with Gasteiger partial charge in [0.1, 0.15) is 22.2 Å². The number of benzene rings is 3. The number of allylic oxidation sites excluding steroid dienone is 1. The van der Waals surface area contributed by atoms with Crippen LogP contribution in [0.15, 0.2) is 81.9 Å². The average molecular weight is 475 g/mol. The van der Waals surface area contributed by atoms with Crippen molar-refractivity contribution in [1.29, 1.82) is 0 Å². The minimum Gasteiger partial charge on any atom is -0.452 e. The molecule has 3 aromatic carbocycles. The number of hydrogen-bond donors (Lipinski definition) is 0. The van der Waals surface area contributed by atoms with E-state index in [0.29, 0.717) is 5.56 Å². The van der Waals surface area contributed by atoms with Crippen LogP contribution in [0.5, 0.6) is 11.5 Å². The molecule has 0 unspecified atom stereocenters. The van der Waals surface area contributed by atoms with Crippen LogP contribution in [0.2, 0.25) is 0 Å². The summed E-state index contributed by atoms with van der Waals surface area (Å²) in [4.78, 5) is 12.4. The summed E-state index contributed by atoms with van der Waals surface area (Å²) in [7, 11) is -4.16. The molecule has 3 aromatic rings. The number of fused-ring (bicyclic) bond motifs is 1. The maximum Gasteiger partial charge on any atom is 0.339 e. The van der Waals surface area contributed by atoms with Gasteiger partial charge in [0, 0.05) is 10.5 Å². The molecule has 0 amide bonds. The molecule has 0 saturated heterocycles. The van der Waals surface area contributed by atoms with Crippen LogP contribution in [0, 0.1) is 5.82 Å². The van der Waals surface area contributed by atoms with Gasteiger partial charge in [-0.2, -0.15) is 8.42 Å². The average Bonchev–Trinajstić information content (AvgIpc) is 2.98. The first-order valence-corrected chi connectivity index (χ1v) is 10.6. The monoisotopic (exact) mass is 474 g/mol. The van der Waals surface area contributed by atoms with Crippen molar-refractivity contribution in [1.82, 2.24) is 0 Å². The number of carbonyl (C=O) groups is 1. The van der Waals surface area contributed by atoms with Crippen molar-refractivity contribution in [3.05, 3.63) is 93.9 Å². The zero-order valence-electron chi connectivity index (χ0n) is 14.6. The van der Waals surface area contributed by atoms with Gasteiger partial charge in [-0.3, -0.25) is 4.79 Å². The Hall–Kier alpha value is -2.97. The molecule has 4 rings (SSSR count). The summed E-state index contributed by atoms with van der Waals surface area (Å²) in [6.07, 6.45) is 1.60. The first kappa shape index (κ1) is 19.4. The second kappa shape index (κ2) is 7.46. The van der Waals surface area contributed by atoms with Crippen molar-refractivity contribution in [3.8, 4) is 11.5 Å². The van der Waals surface area contributed by atoms with E-state index in [4.69, 9.17) is 8.92 Å². The molecule has 0 aromatic heterocycles. The number of rotatable bonds is 4. The molecule has 1 heterocycles. The van der Waals surface area contributed by atoms with Crippen molar-refractivity contribution >= 4 is 37.9 Å². The van der Waals surface area contributed by atoms with Crippen LogP contribution in [0.25, 0.3) is 6.08 Å². The molecule has 1 aliphatic heterocycles. The lowest BCUT2D eigenvalue weighted by Gasteiger charge is -2.08. The van der Waals surface area contributed by atoms with Crippen LogP contribution in [0.3, 0.4) is 0 Å². The van der Waals surface area contributed by atoms with E-state index in [-0.39, 0.29) is 27.9 Å². The Morgan fingerprint density at radius 2 is 1.72 bits per heavy atom. The minimum absolute atomic E-state index is 0.0250. The zero-order chi connectivity index (χ0) is 20.6. The van der Waals surface area contributed by atoms with E-state index in [0.717, 1.165) is 34.3 Å². The predicted octanol–water partition coefficient (Wildman–Crippen LogP) is 4.97. The van der Waals surface area contributed by atoms with Gasteiger partial charge in [0.2, 0.25) is 5.78 Å². The number of carbonyl (C=O) groups excluding carboxylic acids is 1. The second-order valence-electron chi connectivity index (χ2n) is 6.11. The van der Waals surface area contributed by atoms with Crippen LogP contribution in [0.1, 0.15) is 15.9 Å². The van der Waals surface area contributed by atoms with Crippen LogP contribution in [-0.4, -0.2) is 14.2 Å². The number of hydrogen-bond acceptors (Lipinski definition) is 5. The Labute approximate surface area is 174 Å². The largest absolute Gasteiger partial charge is 0.452 e. The third-order valence-corrected chi connectivity index (χ3v) is 6.13. The first-order chi connectivity index (χ1) is 13.8. The summed E-state index contributed by atoms with van der Waals surface area (Å²) in [5, 5.41) is 0. The zero-order valence-corrected chi connectivity index (χ0v) is 17.0. The van der Waals surface area contributed by atoms with Gasteiger partial charge in [0.25, 0.3) is 0 Å². The van der Waals surface area contributed by atoms with Crippen LogP contribution < -0.4 is 8.92 Å².